The van der Waals surface area contributed by atoms with Crippen molar-refractivity contribution in [1.29, 1.82) is 0 Å². The molecule has 0 radical (unpaired) electrons. The second-order valence-electron chi connectivity index (χ2n) is 4.18. The van der Waals surface area contributed by atoms with Crippen molar-refractivity contribution in [3.63, 3.8) is 0 Å². The van der Waals surface area contributed by atoms with Crippen LogP contribution in [-0.2, 0) is 0 Å². The van der Waals surface area contributed by atoms with Crippen LogP contribution in [0.25, 0.3) is 0 Å². The third-order valence-corrected chi connectivity index (χ3v) is 3.16. The van der Waals surface area contributed by atoms with E-state index in [9.17, 15) is 0 Å². The molecule has 82 valence electrons. The van der Waals surface area contributed by atoms with Crippen molar-refractivity contribution >= 4 is 11.6 Å². The minimum absolute atomic E-state index is 0.00958. The van der Waals surface area contributed by atoms with Gasteiger partial charge in [-0.15, -0.1) is 0 Å². The molecule has 0 spiro atoms. The van der Waals surface area contributed by atoms with E-state index >= 15 is 0 Å². The quantitative estimate of drug-likeness (QED) is 0.857. The summed E-state index contributed by atoms with van der Waals surface area (Å²) in [5, 5.41) is 0.796. The van der Waals surface area contributed by atoms with Crippen LogP contribution < -0.4 is 10.5 Å². The Morgan fingerprint density at radius 1 is 1.47 bits per heavy atom. The number of halogens is 1. The number of nitrogens with two attached hydrogens (primary N) is 1. The van der Waals surface area contributed by atoms with Crippen molar-refractivity contribution in [3.05, 3.63) is 28.3 Å². The molecular weight excluding hydrogens is 210 g/mol. The molecule has 2 nitrogen and oxygen atoms in total. The molecular formula is C12H16ClNO. The van der Waals surface area contributed by atoms with Crippen LogP contribution in [0, 0.1) is 0 Å². The van der Waals surface area contributed by atoms with Crippen LogP contribution in [0.1, 0.15) is 42.9 Å². The molecule has 0 heterocycles. The van der Waals surface area contributed by atoms with Crippen molar-refractivity contribution in [2.45, 2.75) is 31.7 Å². The molecule has 1 aromatic rings. The van der Waals surface area contributed by atoms with E-state index in [1.807, 2.05) is 19.1 Å². The SMILES string of the molecule is COc1cc(C(C)N)cc(Cl)c1C1CC1. The number of rotatable bonds is 3. The molecule has 1 atom stereocenters. The van der Waals surface area contributed by atoms with Gasteiger partial charge < -0.3 is 10.5 Å². The lowest BCUT2D eigenvalue weighted by Gasteiger charge is -2.14. The Bertz CT molecular complexity index is 372. The second kappa shape index (κ2) is 4.03. The Morgan fingerprint density at radius 3 is 2.60 bits per heavy atom. The van der Waals surface area contributed by atoms with Crippen LogP contribution in [0.15, 0.2) is 12.1 Å². The molecule has 3 heteroatoms. The van der Waals surface area contributed by atoms with E-state index in [1.165, 1.54) is 12.8 Å². The first-order chi connectivity index (χ1) is 7.13. The summed E-state index contributed by atoms with van der Waals surface area (Å²) >= 11 is 6.26. The lowest BCUT2D eigenvalue weighted by atomic mass is 10.0. The molecule has 1 unspecified atom stereocenters. The summed E-state index contributed by atoms with van der Waals surface area (Å²) in [5.74, 6) is 1.48. The number of hydrogen-bond donors (Lipinski definition) is 1. The molecule has 1 fully saturated rings. The topological polar surface area (TPSA) is 35.2 Å². The molecule has 2 rings (SSSR count). The first kappa shape index (κ1) is 10.8. The predicted molar refractivity (Wildman–Crippen MR) is 62.6 cm³/mol. The van der Waals surface area contributed by atoms with Gasteiger partial charge in [-0.25, -0.2) is 0 Å². The van der Waals surface area contributed by atoms with Crippen molar-refractivity contribution in [2.24, 2.45) is 5.73 Å². The third-order valence-electron chi connectivity index (χ3n) is 2.85. The summed E-state index contributed by atoms with van der Waals surface area (Å²) in [5.41, 5.74) is 8.02. The van der Waals surface area contributed by atoms with Gasteiger partial charge in [-0.1, -0.05) is 11.6 Å². The molecule has 0 aromatic heterocycles. The normalized spacial score (nSPS) is 17.6. The van der Waals surface area contributed by atoms with Gasteiger partial charge >= 0.3 is 0 Å². The molecule has 1 saturated carbocycles. The Balaban J connectivity index is 2.46. The molecule has 1 aliphatic rings. The Morgan fingerprint density at radius 2 is 2.13 bits per heavy atom. The van der Waals surface area contributed by atoms with Gasteiger partial charge in [0.2, 0.25) is 0 Å². The maximum atomic E-state index is 6.26. The van der Waals surface area contributed by atoms with Gasteiger partial charge in [-0.2, -0.15) is 0 Å². The average Bonchev–Trinajstić information content (AvgIpc) is 2.99. The summed E-state index contributed by atoms with van der Waals surface area (Å²) in [6.45, 7) is 1.95. The zero-order valence-electron chi connectivity index (χ0n) is 9.09. The lowest BCUT2D eigenvalue weighted by molar-refractivity contribution is 0.409. The first-order valence-corrected chi connectivity index (χ1v) is 5.64. The highest BCUT2D eigenvalue weighted by atomic mass is 35.5. The summed E-state index contributed by atoms with van der Waals surface area (Å²) in [7, 11) is 1.68. The summed E-state index contributed by atoms with van der Waals surface area (Å²) in [4.78, 5) is 0. The highest BCUT2D eigenvalue weighted by molar-refractivity contribution is 6.31. The number of hydrogen-bond acceptors (Lipinski definition) is 2. The van der Waals surface area contributed by atoms with Crippen LogP contribution in [0.4, 0.5) is 0 Å². The Hall–Kier alpha value is -0.730. The van der Waals surface area contributed by atoms with Crippen LogP contribution in [-0.4, -0.2) is 7.11 Å². The van der Waals surface area contributed by atoms with Gasteiger partial charge in [0, 0.05) is 16.6 Å². The summed E-state index contributed by atoms with van der Waals surface area (Å²) < 4.78 is 5.38. The largest absolute Gasteiger partial charge is 0.496 e. The average molecular weight is 226 g/mol. The number of ether oxygens (including phenoxy) is 1. The van der Waals surface area contributed by atoms with E-state index in [1.54, 1.807) is 7.11 Å². The highest BCUT2D eigenvalue weighted by Gasteiger charge is 2.29. The van der Waals surface area contributed by atoms with Crippen LogP contribution >= 0.6 is 11.6 Å². The maximum absolute atomic E-state index is 6.26. The molecule has 0 saturated heterocycles. The standard InChI is InChI=1S/C12H16ClNO/c1-7(14)9-5-10(13)12(8-3-4-8)11(6-9)15-2/h5-8H,3-4,14H2,1-2H3. The minimum Gasteiger partial charge on any atom is -0.496 e. The van der Waals surface area contributed by atoms with E-state index in [0.29, 0.717) is 5.92 Å². The van der Waals surface area contributed by atoms with E-state index in [2.05, 4.69) is 0 Å². The molecule has 1 aromatic carbocycles. The Labute approximate surface area is 95.4 Å². The van der Waals surface area contributed by atoms with Crippen molar-refractivity contribution in [3.8, 4) is 5.75 Å². The second-order valence-corrected chi connectivity index (χ2v) is 4.59. The fourth-order valence-corrected chi connectivity index (χ4v) is 2.19. The van der Waals surface area contributed by atoms with Crippen LogP contribution in [0.3, 0.4) is 0 Å². The van der Waals surface area contributed by atoms with Gasteiger partial charge in [0.25, 0.3) is 0 Å². The molecule has 0 bridgehead atoms. The fraction of sp³-hybridized carbons (Fsp3) is 0.500. The molecule has 1 aliphatic carbocycles. The van der Waals surface area contributed by atoms with E-state index in [4.69, 9.17) is 22.1 Å². The van der Waals surface area contributed by atoms with E-state index < -0.39 is 0 Å². The fourth-order valence-electron chi connectivity index (χ4n) is 1.81. The number of benzene rings is 1. The highest BCUT2D eigenvalue weighted by Crippen LogP contribution is 2.48. The lowest BCUT2D eigenvalue weighted by Crippen LogP contribution is -2.06. The Kier molecular flexibility index (Phi) is 2.89. The summed E-state index contributed by atoms with van der Waals surface area (Å²) in [6.07, 6.45) is 2.43. The minimum atomic E-state index is -0.00958. The van der Waals surface area contributed by atoms with Crippen molar-refractivity contribution < 1.29 is 4.74 Å². The maximum Gasteiger partial charge on any atom is 0.124 e. The summed E-state index contributed by atoms with van der Waals surface area (Å²) in [6, 6.07) is 3.96. The number of methoxy groups -OCH3 is 1. The van der Waals surface area contributed by atoms with Gasteiger partial charge in [0.05, 0.1) is 7.11 Å². The first-order valence-electron chi connectivity index (χ1n) is 5.26. The van der Waals surface area contributed by atoms with Crippen LogP contribution in [0.2, 0.25) is 5.02 Å². The van der Waals surface area contributed by atoms with Crippen LogP contribution in [0.5, 0.6) is 5.75 Å². The van der Waals surface area contributed by atoms with Gasteiger partial charge in [-0.3, -0.25) is 0 Å². The van der Waals surface area contributed by atoms with Gasteiger partial charge in [0.15, 0.2) is 0 Å². The zero-order chi connectivity index (χ0) is 11.0. The molecule has 0 amide bonds. The smallest absolute Gasteiger partial charge is 0.124 e. The third kappa shape index (κ3) is 2.11. The van der Waals surface area contributed by atoms with Crippen molar-refractivity contribution in [2.75, 3.05) is 7.11 Å². The van der Waals surface area contributed by atoms with Crippen molar-refractivity contribution in [1.82, 2.24) is 0 Å². The van der Waals surface area contributed by atoms with Gasteiger partial charge in [0.1, 0.15) is 5.75 Å². The van der Waals surface area contributed by atoms with E-state index in [0.717, 1.165) is 21.9 Å². The molecule has 2 N–H and O–H groups in total. The molecule has 15 heavy (non-hydrogen) atoms. The predicted octanol–water partition coefficient (Wildman–Crippen LogP) is 3.25. The van der Waals surface area contributed by atoms with E-state index in [-0.39, 0.29) is 6.04 Å². The zero-order valence-corrected chi connectivity index (χ0v) is 9.84. The monoisotopic (exact) mass is 225 g/mol. The molecule has 0 aliphatic heterocycles. The van der Waals surface area contributed by atoms with Gasteiger partial charge in [-0.05, 0) is 43.4 Å².